The molecule has 2 atom stereocenters. The van der Waals surface area contributed by atoms with Crippen LogP contribution in [0.4, 0.5) is 0 Å². The zero-order valence-electron chi connectivity index (χ0n) is 11.9. The first kappa shape index (κ1) is 13.9. The molecule has 1 aliphatic rings. The summed E-state index contributed by atoms with van der Waals surface area (Å²) >= 11 is 0. The normalized spacial score (nSPS) is 20.5. The number of methoxy groups -OCH3 is 1. The van der Waals surface area contributed by atoms with Crippen LogP contribution in [0.5, 0.6) is 11.5 Å². The molecule has 0 bridgehead atoms. The van der Waals surface area contributed by atoms with E-state index in [1.54, 1.807) is 7.11 Å². The topological polar surface area (TPSA) is 47.9 Å². The van der Waals surface area contributed by atoms with Crippen LogP contribution in [0.1, 0.15) is 17.2 Å². The monoisotopic (exact) mass is 286 g/mol. The molecule has 4 nitrogen and oxygen atoms in total. The number of aliphatic hydroxyl groups excluding tert-OH is 1. The first-order valence-electron chi connectivity index (χ1n) is 6.92. The molecule has 1 heterocycles. The lowest BCUT2D eigenvalue weighted by atomic mass is 9.95. The fourth-order valence-corrected chi connectivity index (χ4v) is 2.51. The summed E-state index contributed by atoms with van der Waals surface area (Å²) in [6.45, 7) is 0.218. The van der Waals surface area contributed by atoms with Crippen molar-refractivity contribution in [2.75, 3.05) is 13.9 Å². The smallest absolute Gasteiger partial charge is 0.188 e. The van der Waals surface area contributed by atoms with Gasteiger partial charge < -0.3 is 19.3 Å². The molecule has 2 aromatic rings. The van der Waals surface area contributed by atoms with Gasteiger partial charge in [-0.3, -0.25) is 0 Å². The van der Waals surface area contributed by atoms with Crippen molar-refractivity contribution in [1.29, 1.82) is 0 Å². The van der Waals surface area contributed by atoms with Crippen molar-refractivity contribution in [1.82, 2.24) is 0 Å². The molecule has 2 aromatic carbocycles. The Labute approximate surface area is 123 Å². The molecule has 21 heavy (non-hydrogen) atoms. The van der Waals surface area contributed by atoms with Crippen molar-refractivity contribution in [2.24, 2.45) is 0 Å². The highest BCUT2D eigenvalue weighted by molar-refractivity contribution is 5.38. The third-order valence-electron chi connectivity index (χ3n) is 3.56. The Morgan fingerprint density at radius 3 is 2.67 bits per heavy atom. The minimum absolute atomic E-state index is 0.218. The van der Waals surface area contributed by atoms with Crippen molar-refractivity contribution >= 4 is 0 Å². The third-order valence-corrected chi connectivity index (χ3v) is 3.56. The molecule has 4 heteroatoms. The fraction of sp³-hybridized carbons (Fsp3) is 0.294. The summed E-state index contributed by atoms with van der Waals surface area (Å²) in [5.41, 5.74) is 1.98. The van der Waals surface area contributed by atoms with Crippen molar-refractivity contribution in [3.63, 3.8) is 0 Å². The van der Waals surface area contributed by atoms with Crippen LogP contribution in [-0.4, -0.2) is 25.1 Å². The van der Waals surface area contributed by atoms with E-state index in [1.165, 1.54) is 0 Å². The number of aliphatic hydroxyl groups is 1. The summed E-state index contributed by atoms with van der Waals surface area (Å²) in [4.78, 5) is 0. The maximum Gasteiger partial charge on any atom is 0.188 e. The van der Waals surface area contributed by atoms with E-state index in [1.807, 2.05) is 48.5 Å². The van der Waals surface area contributed by atoms with Crippen molar-refractivity contribution < 1.29 is 19.3 Å². The zero-order chi connectivity index (χ0) is 14.7. The molecule has 1 N–H and O–H groups in total. The van der Waals surface area contributed by atoms with E-state index in [0.29, 0.717) is 6.42 Å². The summed E-state index contributed by atoms with van der Waals surface area (Å²) in [5, 5.41) is 10.3. The standard InChI is InChI=1S/C17H18O4/c1-19-11-20-14-8-6-12(7-9-14)17-15(18)10-13-4-2-3-5-16(13)21-17/h2-9,15,17-18H,10-11H2,1H3/t15-,17+/m0/s1. The van der Waals surface area contributed by atoms with Gasteiger partial charge in [-0.25, -0.2) is 0 Å². The van der Waals surface area contributed by atoms with Crippen LogP contribution in [0, 0.1) is 0 Å². The highest BCUT2D eigenvalue weighted by Crippen LogP contribution is 2.35. The van der Waals surface area contributed by atoms with Gasteiger partial charge in [0.15, 0.2) is 6.79 Å². The molecule has 0 saturated heterocycles. The number of rotatable bonds is 4. The van der Waals surface area contributed by atoms with Crippen molar-refractivity contribution in [2.45, 2.75) is 18.6 Å². The van der Waals surface area contributed by atoms with Gasteiger partial charge in [0, 0.05) is 13.5 Å². The maximum atomic E-state index is 10.3. The van der Waals surface area contributed by atoms with E-state index in [0.717, 1.165) is 22.6 Å². The largest absolute Gasteiger partial charge is 0.483 e. The summed E-state index contributed by atoms with van der Waals surface area (Å²) < 4.78 is 16.2. The number of para-hydroxylation sites is 1. The SMILES string of the molecule is COCOc1ccc([C@H]2Oc3ccccc3C[C@@H]2O)cc1. The Morgan fingerprint density at radius 2 is 1.90 bits per heavy atom. The molecule has 0 saturated carbocycles. The highest BCUT2D eigenvalue weighted by Gasteiger charge is 2.29. The Bertz CT molecular complexity index is 594. The molecule has 110 valence electrons. The van der Waals surface area contributed by atoms with Crippen LogP contribution in [0.3, 0.4) is 0 Å². The average Bonchev–Trinajstić information content (AvgIpc) is 2.53. The highest BCUT2D eigenvalue weighted by atomic mass is 16.7. The molecular formula is C17H18O4. The lowest BCUT2D eigenvalue weighted by Gasteiger charge is -2.30. The van der Waals surface area contributed by atoms with Crippen LogP contribution >= 0.6 is 0 Å². The zero-order valence-corrected chi connectivity index (χ0v) is 11.9. The van der Waals surface area contributed by atoms with Gasteiger partial charge in [-0.05, 0) is 29.3 Å². The second kappa shape index (κ2) is 6.16. The Morgan fingerprint density at radius 1 is 1.14 bits per heavy atom. The predicted octanol–water partition coefficient (Wildman–Crippen LogP) is 2.71. The van der Waals surface area contributed by atoms with Crippen LogP contribution in [0.15, 0.2) is 48.5 Å². The molecule has 1 aliphatic heterocycles. The predicted molar refractivity (Wildman–Crippen MR) is 78.5 cm³/mol. The average molecular weight is 286 g/mol. The quantitative estimate of drug-likeness (QED) is 0.878. The van der Waals surface area contributed by atoms with Crippen LogP contribution in [0.2, 0.25) is 0 Å². The van der Waals surface area contributed by atoms with E-state index >= 15 is 0 Å². The van der Waals surface area contributed by atoms with Crippen molar-refractivity contribution in [3.8, 4) is 11.5 Å². The number of hydrogen-bond acceptors (Lipinski definition) is 4. The van der Waals surface area contributed by atoms with E-state index < -0.39 is 6.10 Å². The number of hydrogen-bond donors (Lipinski definition) is 1. The Balaban J connectivity index is 1.77. The van der Waals surface area contributed by atoms with Crippen molar-refractivity contribution in [3.05, 3.63) is 59.7 Å². The second-order valence-corrected chi connectivity index (χ2v) is 5.04. The lowest BCUT2D eigenvalue weighted by molar-refractivity contribution is 0.0206. The molecule has 0 amide bonds. The summed E-state index contributed by atoms with van der Waals surface area (Å²) in [6, 6.07) is 15.3. The summed E-state index contributed by atoms with van der Waals surface area (Å²) in [5.74, 6) is 1.57. The minimum atomic E-state index is -0.550. The van der Waals surface area contributed by atoms with Gasteiger partial charge in [-0.15, -0.1) is 0 Å². The first-order chi connectivity index (χ1) is 10.3. The molecule has 0 unspecified atom stereocenters. The minimum Gasteiger partial charge on any atom is -0.483 e. The Hall–Kier alpha value is -2.04. The third kappa shape index (κ3) is 3.01. The first-order valence-corrected chi connectivity index (χ1v) is 6.92. The molecule has 0 radical (unpaired) electrons. The number of benzene rings is 2. The molecule has 3 rings (SSSR count). The van der Waals surface area contributed by atoms with Crippen LogP contribution < -0.4 is 9.47 Å². The molecule has 0 fully saturated rings. The van der Waals surface area contributed by atoms with Gasteiger partial charge in [-0.1, -0.05) is 30.3 Å². The number of fused-ring (bicyclic) bond motifs is 1. The van der Waals surface area contributed by atoms with Crippen LogP contribution in [0.25, 0.3) is 0 Å². The van der Waals surface area contributed by atoms with E-state index in [2.05, 4.69) is 0 Å². The Kier molecular flexibility index (Phi) is 4.08. The van der Waals surface area contributed by atoms with Gasteiger partial charge in [-0.2, -0.15) is 0 Å². The molecule has 0 aliphatic carbocycles. The van der Waals surface area contributed by atoms with Crippen LogP contribution in [-0.2, 0) is 11.2 Å². The number of ether oxygens (including phenoxy) is 3. The van der Waals surface area contributed by atoms with Gasteiger partial charge >= 0.3 is 0 Å². The van der Waals surface area contributed by atoms with E-state index in [-0.39, 0.29) is 12.9 Å². The summed E-state index contributed by atoms with van der Waals surface area (Å²) in [7, 11) is 1.58. The molecule has 0 spiro atoms. The van der Waals surface area contributed by atoms with Gasteiger partial charge in [0.2, 0.25) is 0 Å². The molecule has 0 aromatic heterocycles. The lowest BCUT2D eigenvalue weighted by Crippen LogP contribution is -2.30. The summed E-state index contributed by atoms with van der Waals surface area (Å²) in [6.07, 6.45) is -0.301. The van der Waals surface area contributed by atoms with Gasteiger partial charge in [0.1, 0.15) is 17.6 Å². The van der Waals surface area contributed by atoms with E-state index in [9.17, 15) is 5.11 Å². The molecular weight excluding hydrogens is 268 g/mol. The van der Waals surface area contributed by atoms with E-state index in [4.69, 9.17) is 14.2 Å². The maximum absolute atomic E-state index is 10.3. The van der Waals surface area contributed by atoms with Gasteiger partial charge in [0.05, 0.1) is 6.10 Å². The van der Waals surface area contributed by atoms with Gasteiger partial charge in [0.25, 0.3) is 0 Å². The fourth-order valence-electron chi connectivity index (χ4n) is 2.51. The second-order valence-electron chi connectivity index (χ2n) is 5.04.